The molecule has 4 rings (SSSR count). The Kier molecular flexibility index (Phi) is 5.15. The lowest BCUT2D eigenvalue weighted by Crippen LogP contribution is -2.15. The van der Waals surface area contributed by atoms with E-state index >= 15 is 0 Å². The summed E-state index contributed by atoms with van der Waals surface area (Å²) in [4.78, 5) is 13.0. The van der Waals surface area contributed by atoms with Gasteiger partial charge in [0, 0.05) is 17.3 Å². The van der Waals surface area contributed by atoms with E-state index in [1.807, 2.05) is 0 Å². The molecule has 1 amide bonds. The van der Waals surface area contributed by atoms with Crippen molar-refractivity contribution in [3.8, 4) is 17.2 Å². The number of methoxy groups -OCH3 is 2. The third kappa shape index (κ3) is 3.42. The van der Waals surface area contributed by atoms with Gasteiger partial charge in [0.25, 0.3) is 5.91 Å². The Morgan fingerprint density at radius 1 is 1.17 bits per heavy atom. The second kappa shape index (κ2) is 7.75. The summed E-state index contributed by atoms with van der Waals surface area (Å²) in [6.45, 7) is 0. The highest BCUT2D eigenvalue weighted by Gasteiger charge is 2.28. The molecule has 1 N–H and O–H groups in total. The number of halogens is 2. The highest BCUT2D eigenvalue weighted by Crippen LogP contribution is 2.36. The van der Waals surface area contributed by atoms with E-state index in [-0.39, 0.29) is 11.5 Å². The van der Waals surface area contributed by atoms with Gasteiger partial charge in [-0.3, -0.25) is 4.79 Å². The Balaban J connectivity index is 1.72. The van der Waals surface area contributed by atoms with Crippen molar-refractivity contribution in [1.82, 2.24) is 9.78 Å². The third-order valence-electron chi connectivity index (χ3n) is 4.95. The number of carbonyl (C=O) groups is 1. The average Bonchev–Trinajstić information content (AvgIpc) is 3.31. The predicted octanol–water partition coefficient (Wildman–Crippen LogP) is 4.42. The van der Waals surface area contributed by atoms with E-state index in [2.05, 4.69) is 10.4 Å². The Morgan fingerprint density at radius 2 is 1.93 bits per heavy atom. The Labute approximate surface area is 172 Å². The highest BCUT2D eigenvalue weighted by molar-refractivity contribution is 6.32. The van der Waals surface area contributed by atoms with Crippen LogP contribution in [0.4, 0.5) is 10.1 Å². The molecule has 1 aliphatic rings. The third-order valence-corrected chi connectivity index (χ3v) is 5.24. The largest absolute Gasteiger partial charge is 0.495 e. The number of hydrogen-bond donors (Lipinski definition) is 1. The molecule has 0 bridgehead atoms. The molecule has 0 spiro atoms. The number of fused-ring (bicyclic) bond motifs is 1. The molecule has 1 aliphatic carbocycles. The summed E-state index contributed by atoms with van der Waals surface area (Å²) >= 11 is 6.19. The summed E-state index contributed by atoms with van der Waals surface area (Å²) in [5.74, 6) is 0.0501. The van der Waals surface area contributed by atoms with Crippen LogP contribution in [0.2, 0.25) is 5.02 Å². The van der Waals surface area contributed by atoms with E-state index in [4.69, 9.17) is 21.1 Å². The van der Waals surface area contributed by atoms with E-state index in [0.29, 0.717) is 34.3 Å². The van der Waals surface area contributed by atoms with Crippen molar-refractivity contribution in [3.05, 3.63) is 64.2 Å². The van der Waals surface area contributed by atoms with E-state index < -0.39 is 5.91 Å². The van der Waals surface area contributed by atoms with Crippen LogP contribution in [0.25, 0.3) is 5.69 Å². The zero-order chi connectivity index (χ0) is 20.5. The monoisotopic (exact) mass is 415 g/mol. The lowest BCUT2D eigenvalue weighted by Gasteiger charge is -2.12. The molecule has 150 valence electrons. The second-order valence-corrected chi connectivity index (χ2v) is 7.04. The number of anilines is 1. The molecule has 0 aliphatic heterocycles. The molecule has 0 saturated carbocycles. The summed E-state index contributed by atoms with van der Waals surface area (Å²) in [6, 6.07) is 9.55. The summed E-state index contributed by atoms with van der Waals surface area (Å²) in [6.07, 6.45) is 2.34. The number of carbonyl (C=O) groups excluding carboxylic acids is 1. The van der Waals surface area contributed by atoms with E-state index in [0.717, 1.165) is 24.1 Å². The Morgan fingerprint density at radius 3 is 2.66 bits per heavy atom. The average molecular weight is 416 g/mol. The number of nitrogens with zero attached hydrogens (tertiary/aromatic N) is 2. The van der Waals surface area contributed by atoms with Crippen LogP contribution in [-0.4, -0.2) is 29.9 Å². The first-order valence-electron chi connectivity index (χ1n) is 9.12. The van der Waals surface area contributed by atoms with Gasteiger partial charge in [-0.25, -0.2) is 9.07 Å². The van der Waals surface area contributed by atoms with Crippen LogP contribution in [0.15, 0.2) is 36.4 Å². The highest BCUT2D eigenvalue weighted by atomic mass is 35.5. The molecule has 1 heterocycles. The minimum Gasteiger partial charge on any atom is -0.495 e. The van der Waals surface area contributed by atoms with Crippen LogP contribution in [-0.2, 0) is 12.8 Å². The maximum Gasteiger partial charge on any atom is 0.276 e. The van der Waals surface area contributed by atoms with Crippen LogP contribution < -0.4 is 14.8 Å². The zero-order valence-corrected chi connectivity index (χ0v) is 16.7. The molecule has 1 aromatic heterocycles. The van der Waals surface area contributed by atoms with Gasteiger partial charge in [-0.1, -0.05) is 23.7 Å². The van der Waals surface area contributed by atoms with Crippen molar-refractivity contribution in [2.75, 3.05) is 19.5 Å². The normalized spacial score (nSPS) is 12.6. The van der Waals surface area contributed by atoms with Crippen LogP contribution in [0, 0.1) is 5.82 Å². The maximum absolute atomic E-state index is 14.3. The van der Waals surface area contributed by atoms with Gasteiger partial charge >= 0.3 is 0 Å². The molecule has 3 aromatic rings. The topological polar surface area (TPSA) is 65.4 Å². The fraction of sp³-hybridized carbons (Fsp3) is 0.238. The lowest BCUT2D eigenvalue weighted by atomic mass is 10.2. The molecule has 0 unspecified atom stereocenters. The summed E-state index contributed by atoms with van der Waals surface area (Å²) in [5, 5.41) is 7.58. The SMILES string of the molecule is COc1cc(OC)c(NC(=O)c2nn(-c3ccccc3F)c3c2CCC3)cc1Cl. The van der Waals surface area contributed by atoms with Gasteiger partial charge in [-0.15, -0.1) is 0 Å². The van der Waals surface area contributed by atoms with Crippen molar-refractivity contribution >= 4 is 23.2 Å². The summed E-state index contributed by atoms with van der Waals surface area (Å²) in [7, 11) is 2.99. The van der Waals surface area contributed by atoms with Crippen LogP contribution >= 0.6 is 11.6 Å². The molecular weight excluding hydrogens is 397 g/mol. The smallest absolute Gasteiger partial charge is 0.276 e. The lowest BCUT2D eigenvalue weighted by molar-refractivity contribution is 0.102. The molecule has 8 heteroatoms. The van der Waals surface area contributed by atoms with Gasteiger partial charge in [-0.05, 0) is 37.5 Å². The van der Waals surface area contributed by atoms with Crippen molar-refractivity contribution in [3.63, 3.8) is 0 Å². The van der Waals surface area contributed by atoms with Crippen molar-refractivity contribution in [2.24, 2.45) is 0 Å². The predicted molar refractivity (Wildman–Crippen MR) is 108 cm³/mol. The van der Waals surface area contributed by atoms with Gasteiger partial charge < -0.3 is 14.8 Å². The number of ether oxygens (including phenoxy) is 2. The number of rotatable bonds is 5. The molecule has 0 saturated heterocycles. The van der Waals surface area contributed by atoms with E-state index in [9.17, 15) is 9.18 Å². The molecule has 2 aromatic carbocycles. The fourth-order valence-corrected chi connectivity index (χ4v) is 3.82. The molecular formula is C21H19ClFN3O3. The first kappa shape index (κ1) is 19.3. The molecule has 6 nitrogen and oxygen atoms in total. The molecule has 29 heavy (non-hydrogen) atoms. The number of amides is 1. The van der Waals surface area contributed by atoms with Crippen LogP contribution in [0.3, 0.4) is 0 Å². The van der Waals surface area contributed by atoms with Crippen molar-refractivity contribution < 1.29 is 18.7 Å². The van der Waals surface area contributed by atoms with Gasteiger partial charge in [-0.2, -0.15) is 5.10 Å². The van der Waals surface area contributed by atoms with Crippen molar-refractivity contribution in [1.29, 1.82) is 0 Å². The first-order valence-corrected chi connectivity index (χ1v) is 9.49. The van der Waals surface area contributed by atoms with Crippen LogP contribution in [0.1, 0.15) is 28.2 Å². The van der Waals surface area contributed by atoms with Gasteiger partial charge in [0.2, 0.25) is 0 Å². The minimum absolute atomic E-state index is 0.273. The quantitative estimate of drug-likeness (QED) is 0.669. The van der Waals surface area contributed by atoms with Gasteiger partial charge in [0.15, 0.2) is 5.69 Å². The number of para-hydroxylation sites is 1. The van der Waals surface area contributed by atoms with Gasteiger partial charge in [0.1, 0.15) is 23.0 Å². The molecule has 0 radical (unpaired) electrons. The minimum atomic E-state index is -0.405. The number of benzene rings is 2. The number of nitrogens with one attached hydrogen (secondary N) is 1. The van der Waals surface area contributed by atoms with Crippen LogP contribution in [0.5, 0.6) is 11.5 Å². The summed E-state index contributed by atoms with van der Waals surface area (Å²) in [5.41, 5.74) is 2.70. The fourth-order valence-electron chi connectivity index (χ4n) is 3.58. The second-order valence-electron chi connectivity index (χ2n) is 6.63. The van der Waals surface area contributed by atoms with Gasteiger partial charge in [0.05, 0.1) is 24.9 Å². The maximum atomic E-state index is 14.3. The Bertz CT molecular complexity index is 1100. The Hall–Kier alpha value is -3.06. The van der Waals surface area contributed by atoms with Crippen molar-refractivity contribution in [2.45, 2.75) is 19.3 Å². The first-order chi connectivity index (χ1) is 14.0. The standard InChI is InChI=1S/C21H19ClFN3O3/c1-28-18-11-19(29-2)15(10-13(18)22)24-21(27)20-12-6-5-9-16(12)26(25-20)17-8-4-3-7-14(17)23/h3-4,7-8,10-11H,5-6,9H2,1-2H3,(H,24,27). The zero-order valence-electron chi connectivity index (χ0n) is 16.0. The molecule has 0 fully saturated rings. The van der Waals surface area contributed by atoms with E-state index in [1.54, 1.807) is 30.3 Å². The number of hydrogen-bond acceptors (Lipinski definition) is 4. The molecule has 0 atom stereocenters. The summed E-state index contributed by atoms with van der Waals surface area (Å²) < 4.78 is 26.4. The van der Waals surface area contributed by atoms with E-state index in [1.165, 1.54) is 25.0 Å². The number of aromatic nitrogens is 2.